The number of sulfone groups is 1. The maximum absolute atomic E-state index is 12.3. The molecule has 0 bridgehead atoms. The smallest absolute Gasteiger partial charge is 0.193 e. The highest BCUT2D eigenvalue weighted by Gasteiger charge is 2.40. The standard InChI is InChI=1S/C22H36N4O2S/c1-22(2)18-26(13-14-29(22,27)28)21(23-3)24-16-19-9-8-10-20(15-19)17-25-11-6-4-5-7-12-25/h8-10,15H,4-7,11-14,16-18H2,1-3H3,(H,23,24). The first kappa shape index (κ1) is 22.1. The Morgan fingerprint density at radius 3 is 2.45 bits per heavy atom. The van der Waals surface area contributed by atoms with Crippen LogP contribution in [0.15, 0.2) is 29.3 Å². The number of nitrogens with one attached hydrogen (secondary N) is 1. The van der Waals surface area contributed by atoms with E-state index in [-0.39, 0.29) is 5.75 Å². The van der Waals surface area contributed by atoms with E-state index in [0.29, 0.717) is 19.6 Å². The summed E-state index contributed by atoms with van der Waals surface area (Å²) in [6, 6.07) is 8.75. The maximum atomic E-state index is 12.3. The number of rotatable bonds is 4. The summed E-state index contributed by atoms with van der Waals surface area (Å²) < 4.78 is 23.8. The molecule has 2 aliphatic heterocycles. The zero-order valence-electron chi connectivity index (χ0n) is 18.2. The first-order valence-electron chi connectivity index (χ1n) is 10.8. The van der Waals surface area contributed by atoms with Crippen molar-refractivity contribution >= 4 is 15.8 Å². The van der Waals surface area contributed by atoms with E-state index in [9.17, 15) is 8.42 Å². The molecular formula is C22H36N4O2S. The van der Waals surface area contributed by atoms with Crippen LogP contribution in [-0.2, 0) is 22.9 Å². The van der Waals surface area contributed by atoms with Crippen LogP contribution in [0, 0.1) is 0 Å². The number of guanidine groups is 1. The van der Waals surface area contributed by atoms with Gasteiger partial charge in [-0.3, -0.25) is 9.89 Å². The van der Waals surface area contributed by atoms with Crippen LogP contribution in [0.2, 0.25) is 0 Å². The predicted molar refractivity (Wildman–Crippen MR) is 120 cm³/mol. The number of hydrogen-bond donors (Lipinski definition) is 1. The first-order valence-corrected chi connectivity index (χ1v) is 12.4. The largest absolute Gasteiger partial charge is 0.352 e. The van der Waals surface area contributed by atoms with E-state index in [2.05, 4.69) is 44.4 Å². The molecular weight excluding hydrogens is 384 g/mol. The van der Waals surface area contributed by atoms with Crippen LogP contribution in [0.4, 0.5) is 0 Å². The van der Waals surface area contributed by atoms with Gasteiger partial charge in [0.2, 0.25) is 0 Å². The molecule has 162 valence electrons. The van der Waals surface area contributed by atoms with Crippen molar-refractivity contribution in [1.82, 2.24) is 15.1 Å². The molecule has 29 heavy (non-hydrogen) atoms. The third-order valence-electron chi connectivity index (χ3n) is 6.10. The lowest BCUT2D eigenvalue weighted by Crippen LogP contribution is -2.57. The van der Waals surface area contributed by atoms with Crippen molar-refractivity contribution in [2.24, 2.45) is 4.99 Å². The van der Waals surface area contributed by atoms with E-state index < -0.39 is 14.6 Å². The first-order chi connectivity index (χ1) is 13.8. The van der Waals surface area contributed by atoms with Crippen LogP contribution in [0.1, 0.15) is 50.7 Å². The van der Waals surface area contributed by atoms with Crippen molar-refractivity contribution in [3.8, 4) is 0 Å². The van der Waals surface area contributed by atoms with Gasteiger partial charge in [-0.15, -0.1) is 0 Å². The van der Waals surface area contributed by atoms with Crippen molar-refractivity contribution in [1.29, 1.82) is 0 Å². The van der Waals surface area contributed by atoms with Gasteiger partial charge in [0.1, 0.15) is 0 Å². The average Bonchev–Trinajstić information content (AvgIpc) is 2.94. The highest BCUT2D eigenvalue weighted by Crippen LogP contribution is 2.23. The van der Waals surface area contributed by atoms with Crippen LogP contribution in [-0.4, -0.2) is 67.9 Å². The Balaban J connectivity index is 1.58. The fourth-order valence-corrected chi connectivity index (χ4v) is 5.59. The van der Waals surface area contributed by atoms with E-state index in [1.807, 2.05) is 0 Å². The van der Waals surface area contributed by atoms with E-state index in [4.69, 9.17) is 0 Å². The Kier molecular flexibility index (Phi) is 7.22. The van der Waals surface area contributed by atoms with E-state index in [1.165, 1.54) is 49.9 Å². The lowest BCUT2D eigenvalue weighted by molar-refractivity contribution is 0.277. The SMILES string of the molecule is CN=C(NCc1cccc(CN2CCCCCC2)c1)N1CCS(=O)(=O)C(C)(C)C1. The molecule has 0 aliphatic carbocycles. The van der Waals surface area contributed by atoms with Crippen molar-refractivity contribution in [3.63, 3.8) is 0 Å². The molecule has 7 heteroatoms. The second-order valence-electron chi connectivity index (χ2n) is 8.91. The average molecular weight is 421 g/mol. The Labute approximate surface area is 176 Å². The minimum atomic E-state index is -3.05. The minimum absolute atomic E-state index is 0.173. The molecule has 0 spiro atoms. The summed E-state index contributed by atoms with van der Waals surface area (Å²) in [4.78, 5) is 9.02. The summed E-state index contributed by atoms with van der Waals surface area (Å²) in [5, 5.41) is 3.43. The zero-order valence-corrected chi connectivity index (χ0v) is 19.0. The van der Waals surface area contributed by atoms with Gasteiger partial charge in [-0.1, -0.05) is 37.1 Å². The van der Waals surface area contributed by atoms with E-state index in [1.54, 1.807) is 20.9 Å². The minimum Gasteiger partial charge on any atom is -0.352 e. The second kappa shape index (κ2) is 9.47. The Bertz CT molecular complexity index is 812. The van der Waals surface area contributed by atoms with Gasteiger partial charge >= 0.3 is 0 Å². The lowest BCUT2D eigenvalue weighted by atomic mass is 10.1. The second-order valence-corrected chi connectivity index (χ2v) is 11.7. The lowest BCUT2D eigenvalue weighted by Gasteiger charge is -2.39. The summed E-state index contributed by atoms with van der Waals surface area (Å²) >= 11 is 0. The molecule has 2 saturated heterocycles. The third kappa shape index (κ3) is 5.72. The van der Waals surface area contributed by atoms with Crippen molar-refractivity contribution in [3.05, 3.63) is 35.4 Å². The van der Waals surface area contributed by atoms with Crippen molar-refractivity contribution < 1.29 is 8.42 Å². The number of benzene rings is 1. The molecule has 1 aromatic rings. The summed E-state index contributed by atoms with van der Waals surface area (Å²) in [5.74, 6) is 0.942. The molecule has 1 aromatic carbocycles. The highest BCUT2D eigenvalue weighted by molar-refractivity contribution is 7.92. The normalized spacial score (nSPS) is 22.9. The summed E-state index contributed by atoms with van der Waals surface area (Å²) in [6.07, 6.45) is 5.32. The Morgan fingerprint density at radius 1 is 1.10 bits per heavy atom. The van der Waals surface area contributed by atoms with Crippen LogP contribution in [0.25, 0.3) is 0 Å². The number of aliphatic imine (C=N–C) groups is 1. The molecule has 0 aromatic heterocycles. The molecule has 0 radical (unpaired) electrons. The number of hydrogen-bond acceptors (Lipinski definition) is 4. The van der Waals surface area contributed by atoms with Crippen LogP contribution >= 0.6 is 0 Å². The zero-order chi connectivity index (χ0) is 20.9. The van der Waals surface area contributed by atoms with Crippen molar-refractivity contribution in [2.75, 3.05) is 39.0 Å². The third-order valence-corrected chi connectivity index (χ3v) is 8.63. The van der Waals surface area contributed by atoms with Gasteiger partial charge in [0.05, 0.1) is 10.5 Å². The topological polar surface area (TPSA) is 65.0 Å². The fourth-order valence-electron chi connectivity index (χ4n) is 4.23. The molecule has 6 nitrogen and oxygen atoms in total. The Morgan fingerprint density at radius 2 is 1.79 bits per heavy atom. The van der Waals surface area contributed by atoms with Crippen LogP contribution in [0.5, 0.6) is 0 Å². The highest BCUT2D eigenvalue weighted by atomic mass is 32.2. The molecule has 1 N–H and O–H groups in total. The molecule has 2 aliphatic rings. The molecule has 0 saturated carbocycles. The van der Waals surface area contributed by atoms with Gasteiger partial charge in [0, 0.05) is 33.2 Å². The van der Waals surface area contributed by atoms with Gasteiger partial charge in [0.25, 0.3) is 0 Å². The van der Waals surface area contributed by atoms with Gasteiger partial charge < -0.3 is 10.2 Å². The molecule has 0 atom stereocenters. The summed E-state index contributed by atoms with van der Waals surface area (Å²) in [5.41, 5.74) is 2.58. The maximum Gasteiger partial charge on any atom is 0.193 e. The molecule has 0 amide bonds. The van der Waals surface area contributed by atoms with Gasteiger partial charge in [-0.05, 0) is 50.9 Å². The predicted octanol–water partition coefficient (Wildman–Crippen LogP) is 2.65. The molecule has 2 heterocycles. The summed E-state index contributed by atoms with van der Waals surface area (Å²) in [6.45, 7) is 8.64. The quantitative estimate of drug-likeness (QED) is 0.599. The molecule has 2 fully saturated rings. The Hall–Kier alpha value is -1.60. The van der Waals surface area contributed by atoms with E-state index >= 15 is 0 Å². The monoisotopic (exact) mass is 420 g/mol. The number of likely N-dealkylation sites (tertiary alicyclic amines) is 1. The summed E-state index contributed by atoms with van der Waals surface area (Å²) in [7, 11) is -1.30. The number of nitrogens with zero attached hydrogens (tertiary/aromatic N) is 3. The van der Waals surface area contributed by atoms with Crippen LogP contribution < -0.4 is 5.32 Å². The van der Waals surface area contributed by atoms with Gasteiger partial charge in [0.15, 0.2) is 15.8 Å². The van der Waals surface area contributed by atoms with Gasteiger partial charge in [-0.2, -0.15) is 0 Å². The fraction of sp³-hybridized carbons (Fsp3) is 0.682. The van der Waals surface area contributed by atoms with Crippen LogP contribution in [0.3, 0.4) is 0 Å². The molecule has 3 rings (SSSR count). The van der Waals surface area contributed by atoms with Gasteiger partial charge in [-0.25, -0.2) is 8.42 Å². The molecule has 0 unspecified atom stereocenters. The van der Waals surface area contributed by atoms with E-state index in [0.717, 1.165) is 12.5 Å². The van der Waals surface area contributed by atoms with Crippen molar-refractivity contribution in [2.45, 2.75) is 57.4 Å².